The van der Waals surface area contributed by atoms with Crippen LogP contribution in [0.2, 0.25) is 5.02 Å². The molecule has 1 aliphatic rings. The summed E-state index contributed by atoms with van der Waals surface area (Å²) < 4.78 is 0. The Labute approximate surface area is 156 Å². The van der Waals surface area contributed by atoms with Gasteiger partial charge in [0.1, 0.15) is 0 Å². The van der Waals surface area contributed by atoms with Crippen LogP contribution < -0.4 is 0 Å². The minimum absolute atomic E-state index is 0.0455. The van der Waals surface area contributed by atoms with Crippen LogP contribution in [0.4, 0.5) is 0 Å². The fourth-order valence-electron chi connectivity index (χ4n) is 3.11. The van der Waals surface area contributed by atoms with E-state index in [2.05, 4.69) is 15.1 Å². The van der Waals surface area contributed by atoms with Crippen LogP contribution >= 0.6 is 11.6 Å². The van der Waals surface area contributed by atoms with E-state index in [4.69, 9.17) is 11.6 Å². The smallest absolute Gasteiger partial charge is 0.242 e. The number of nitrogens with zero attached hydrogens (tertiary/aromatic N) is 4. The first kappa shape index (κ1) is 16.7. The molecule has 0 N–H and O–H groups in total. The van der Waals surface area contributed by atoms with E-state index in [-0.39, 0.29) is 5.91 Å². The first-order valence-electron chi connectivity index (χ1n) is 8.53. The zero-order valence-electron chi connectivity index (χ0n) is 14.1. The predicted octanol–water partition coefficient (Wildman–Crippen LogP) is 3.85. The van der Waals surface area contributed by atoms with Gasteiger partial charge in [0.15, 0.2) is 0 Å². The number of carbonyl (C=O) groups is 1. The first-order valence-corrected chi connectivity index (χ1v) is 8.91. The molecule has 0 atom stereocenters. The first-order chi connectivity index (χ1) is 12.7. The fraction of sp³-hybridized carbons (Fsp3) is 0.200. The van der Waals surface area contributed by atoms with Crippen molar-refractivity contribution in [2.75, 3.05) is 6.54 Å². The van der Waals surface area contributed by atoms with Gasteiger partial charge in [-0.1, -0.05) is 29.8 Å². The molecule has 6 heteroatoms. The Morgan fingerprint density at radius 1 is 1.15 bits per heavy atom. The highest BCUT2D eigenvalue weighted by Crippen LogP contribution is 2.20. The third kappa shape index (κ3) is 3.44. The van der Waals surface area contributed by atoms with E-state index in [0.717, 1.165) is 28.6 Å². The van der Waals surface area contributed by atoms with Crippen LogP contribution in [-0.2, 0) is 11.2 Å². The zero-order valence-corrected chi connectivity index (χ0v) is 14.9. The predicted molar refractivity (Wildman–Crippen MR) is 102 cm³/mol. The molecule has 5 nitrogen and oxygen atoms in total. The number of hydrazone groups is 1. The molecule has 3 aromatic rings. The number of amides is 1. The van der Waals surface area contributed by atoms with Crippen molar-refractivity contribution in [1.29, 1.82) is 0 Å². The summed E-state index contributed by atoms with van der Waals surface area (Å²) in [6.45, 7) is 0.639. The third-order valence-electron chi connectivity index (χ3n) is 4.40. The molecule has 0 spiro atoms. The van der Waals surface area contributed by atoms with Crippen molar-refractivity contribution in [3.8, 4) is 0 Å². The molecule has 26 heavy (non-hydrogen) atoms. The number of rotatable bonds is 4. The molecule has 130 valence electrons. The maximum absolute atomic E-state index is 12.0. The summed E-state index contributed by atoms with van der Waals surface area (Å²) in [5, 5.41) is 7.83. The van der Waals surface area contributed by atoms with Gasteiger partial charge in [-0.25, -0.2) is 5.01 Å². The monoisotopic (exact) mass is 364 g/mol. The zero-order chi connectivity index (χ0) is 17.9. The van der Waals surface area contributed by atoms with E-state index in [0.29, 0.717) is 30.1 Å². The van der Waals surface area contributed by atoms with Crippen LogP contribution in [0.15, 0.2) is 60.0 Å². The number of fused-ring (bicyclic) bond motifs is 1. The third-order valence-corrected chi connectivity index (χ3v) is 4.64. The van der Waals surface area contributed by atoms with Gasteiger partial charge < -0.3 is 0 Å². The molecule has 3 heterocycles. The summed E-state index contributed by atoms with van der Waals surface area (Å²) >= 11 is 6.15. The van der Waals surface area contributed by atoms with Crippen molar-refractivity contribution in [3.63, 3.8) is 0 Å². The largest absolute Gasteiger partial charge is 0.273 e. The molecule has 0 aliphatic carbocycles. The minimum Gasteiger partial charge on any atom is -0.273 e. The Kier molecular flexibility index (Phi) is 4.63. The highest BCUT2D eigenvalue weighted by atomic mass is 35.5. The summed E-state index contributed by atoms with van der Waals surface area (Å²) in [7, 11) is 0. The van der Waals surface area contributed by atoms with Crippen LogP contribution in [0.25, 0.3) is 10.9 Å². The topological polar surface area (TPSA) is 58.5 Å². The quantitative estimate of drug-likeness (QED) is 0.660. The molecular formula is C20H17ClN4O. The van der Waals surface area contributed by atoms with Crippen LogP contribution in [0.3, 0.4) is 0 Å². The van der Waals surface area contributed by atoms with E-state index in [1.165, 1.54) is 0 Å². The van der Waals surface area contributed by atoms with Gasteiger partial charge in [-0.2, -0.15) is 5.10 Å². The van der Waals surface area contributed by atoms with Crippen molar-refractivity contribution >= 4 is 34.1 Å². The Morgan fingerprint density at radius 3 is 2.81 bits per heavy atom. The Hall–Kier alpha value is -2.79. The average Bonchev–Trinajstić information content (AvgIpc) is 3.06. The average molecular weight is 365 g/mol. The van der Waals surface area contributed by atoms with Crippen molar-refractivity contribution in [1.82, 2.24) is 15.0 Å². The van der Waals surface area contributed by atoms with Gasteiger partial charge in [-0.3, -0.25) is 14.8 Å². The molecule has 2 aromatic heterocycles. The van der Waals surface area contributed by atoms with Crippen molar-refractivity contribution in [2.24, 2.45) is 5.10 Å². The molecule has 0 saturated carbocycles. The fourth-order valence-corrected chi connectivity index (χ4v) is 3.27. The SMILES string of the molecule is O=C1CCCN1N=C(Cc1ccnc2ccccc12)c1cc(Cl)ccn1. The van der Waals surface area contributed by atoms with Crippen molar-refractivity contribution in [2.45, 2.75) is 19.3 Å². The molecule has 0 bridgehead atoms. The molecule has 1 amide bonds. The standard InChI is InChI=1S/C20H17ClN4O/c21-15-8-10-23-18(13-15)19(24-25-11-3-6-20(25)26)12-14-7-9-22-17-5-2-1-4-16(14)17/h1-2,4-5,7-10,13H,3,6,11-12H2. The summed E-state index contributed by atoms with van der Waals surface area (Å²) in [5.41, 5.74) is 3.42. The molecule has 0 radical (unpaired) electrons. The summed E-state index contributed by atoms with van der Waals surface area (Å²) in [6, 6.07) is 13.5. The van der Waals surface area contributed by atoms with Gasteiger partial charge in [-0.15, -0.1) is 0 Å². The molecule has 1 aromatic carbocycles. The number of benzene rings is 1. The normalized spacial score (nSPS) is 15.0. The second-order valence-corrected chi connectivity index (χ2v) is 6.63. The second kappa shape index (κ2) is 7.22. The van der Waals surface area contributed by atoms with E-state index in [1.807, 2.05) is 30.3 Å². The van der Waals surface area contributed by atoms with Gasteiger partial charge in [0, 0.05) is 42.2 Å². The molecule has 1 saturated heterocycles. The Morgan fingerprint density at radius 2 is 2.00 bits per heavy atom. The number of carbonyl (C=O) groups excluding carboxylic acids is 1. The second-order valence-electron chi connectivity index (χ2n) is 6.19. The summed E-state index contributed by atoms with van der Waals surface area (Å²) in [5.74, 6) is 0.0455. The van der Waals surface area contributed by atoms with E-state index < -0.39 is 0 Å². The molecule has 4 rings (SSSR count). The van der Waals surface area contributed by atoms with Gasteiger partial charge in [0.05, 0.1) is 16.9 Å². The van der Waals surface area contributed by atoms with E-state index in [1.54, 1.807) is 29.5 Å². The molecular weight excluding hydrogens is 348 g/mol. The lowest BCUT2D eigenvalue weighted by Gasteiger charge is -2.14. The van der Waals surface area contributed by atoms with E-state index in [9.17, 15) is 4.79 Å². The van der Waals surface area contributed by atoms with Crippen LogP contribution in [-0.4, -0.2) is 33.1 Å². The lowest BCUT2D eigenvalue weighted by atomic mass is 10.0. The van der Waals surface area contributed by atoms with E-state index >= 15 is 0 Å². The molecule has 0 unspecified atom stereocenters. The molecule has 1 fully saturated rings. The number of hydrogen-bond acceptors (Lipinski definition) is 4. The number of halogens is 1. The number of hydrogen-bond donors (Lipinski definition) is 0. The maximum Gasteiger partial charge on any atom is 0.242 e. The number of aromatic nitrogens is 2. The van der Waals surface area contributed by atoms with Crippen LogP contribution in [0.5, 0.6) is 0 Å². The van der Waals surface area contributed by atoms with Gasteiger partial charge >= 0.3 is 0 Å². The van der Waals surface area contributed by atoms with Gasteiger partial charge in [0.2, 0.25) is 5.91 Å². The molecule has 1 aliphatic heterocycles. The summed E-state index contributed by atoms with van der Waals surface area (Å²) in [4.78, 5) is 20.9. The van der Waals surface area contributed by atoms with Gasteiger partial charge in [-0.05, 0) is 36.2 Å². The lowest BCUT2D eigenvalue weighted by Crippen LogP contribution is -2.22. The van der Waals surface area contributed by atoms with Crippen molar-refractivity contribution in [3.05, 3.63) is 71.1 Å². The minimum atomic E-state index is 0.0455. The van der Waals surface area contributed by atoms with Gasteiger partial charge in [0.25, 0.3) is 0 Å². The number of pyridine rings is 2. The maximum atomic E-state index is 12.0. The Bertz CT molecular complexity index is 997. The highest BCUT2D eigenvalue weighted by molar-refractivity contribution is 6.30. The van der Waals surface area contributed by atoms with Crippen LogP contribution in [0, 0.1) is 0 Å². The Balaban J connectivity index is 1.77. The highest BCUT2D eigenvalue weighted by Gasteiger charge is 2.21. The summed E-state index contributed by atoms with van der Waals surface area (Å²) in [6.07, 6.45) is 5.36. The van der Waals surface area contributed by atoms with Crippen molar-refractivity contribution < 1.29 is 4.79 Å². The lowest BCUT2D eigenvalue weighted by molar-refractivity contribution is -0.127. The number of para-hydroxylation sites is 1. The van der Waals surface area contributed by atoms with Crippen LogP contribution in [0.1, 0.15) is 24.1 Å².